The first-order valence-corrected chi connectivity index (χ1v) is 11.5. The smallest absolute Gasteiger partial charge is 0.381 e. The fourth-order valence-electron chi connectivity index (χ4n) is 4.41. The van der Waals surface area contributed by atoms with Crippen LogP contribution in [0.2, 0.25) is 0 Å². The molecule has 180 valence electrons. The number of rotatable bonds is 6. The van der Waals surface area contributed by atoms with Gasteiger partial charge < -0.3 is 5.32 Å². The highest BCUT2D eigenvalue weighted by atomic mass is 19.4. The lowest BCUT2D eigenvalue weighted by atomic mass is 9.91. The number of pyridine rings is 1. The van der Waals surface area contributed by atoms with Crippen molar-refractivity contribution in [2.24, 2.45) is 0 Å². The number of aromatic nitrogens is 1. The van der Waals surface area contributed by atoms with Gasteiger partial charge in [0.15, 0.2) is 0 Å². The van der Waals surface area contributed by atoms with Crippen LogP contribution >= 0.6 is 0 Å². The van der Waals surface area contributed by atoms with Crippen LogP contribution in [0.15, 0.2) is 103 Å². The van der Waals surface area contributed by atoms with Crippen LogP contribution in [-0.4, -0.2) is 4.98 Å². The number of alkyl halides is 3. The molecule has 0 aliphatic heterocycles. The van der Waals surface area contributed by atoms with Crippen LogP contribution in [0.25, 0.3) is 22.0 Å². The minimum absolute atomic E-state index is 0.0819. The number of hydrogen-bond donors (Lipinski definition) is 1. The van der Waals surface area contributed by atoms with E-state index in [0.29, 0.717) is 22.9 Å². The predicted octanol–water partition coefficient (Wildman–Crippen LogP) is 8.26. The van der Waals surface area contributed by atoms with Crippen LogP contribution < -0.4 is 5.32 Å². The molecule has 0 aliphatic rings. The van der Waals surface area contributed by atoms with Gasteiger partial charge in [0, 0.05) is 29.4 Å². The van der Waals surface area contributed by atoms with Gasteiger partial charge in [-0.1, -0.05) is 72.8 Å². The van der Waals surface area contributed by atoms with Gasteiger partial charge in [-0.15, -0.1) is 0 Å². The van der Waals surface area contributed by atoms with E-state index in [1.165, 1.54) is 12.1 Å². The van der Waals surface area contributed by atoms with Crippen LogP contribution in [0.4, 0.5) is 23.2 Å². The second-order valence-corrected chi connectivity index (χ2v) is 8.55. The van der Waals surface area contributed by atoms with Gasteiger partial charge in [0.1, 0.15) is 5.82 Å². The molecule has 0 saturated carbocycles. The van der Waals surface area contributed by atoms with Gasteiger partial charge >= 0.3 is 6.18 Å². The van der Waals surface area contributed by atoms with Crippen molar-refractivity contribution in [2.75, 3.05) is 5.32 Å². The number of para-hydroxylation sites is 1. The van der Waals surface area contributed by atoms with Crippen molar-refractivity contribution in [1.29, 1.82) is 0 Å². The summed E-state index contributed by atoms with van der Waals surface area (Å²) in [5.41, 5.74) is 3.72. The quantitative estimate of drug-likeness (QED) is 0.244. The summed E-state index contributed by atoms with van der Waals surface area (Å²) in [5.74, 6) is -0.300. The van der Waals surface area contributed by atoms with Crippen LogP contribution in [0, 0.1) is 5.82 Å². The Balaban J connectivity index is 1.61. The molecule has 36 heavy (non-hydrogen) atoms. The van der Waals surface area contributed by atoms with Crippen molar-refractivity contribution >= 4 is 16.6 Å². The maximum atomic E-state index is 14.1. The molecule has 0 unspecified atom stereocenters. The van der Waals surface area contributed by atoms with E-state index in [1.54, 1.807) is 30.5 Å². The van der Waals surface area contributed by atoms with Gasteiger partial charge in [-0.05, 0) is 52.9 Å². The van der Waals surface area contributed by atoms with Crippen LogP contribution in [0.3, 0.4) is 0 Å². The maximum absolute atomic E-state index is 14.1. The third kappa shape index (κ3) is 4.93. The highest BCUT2D eigenvalue weighted by molar-refractivity contribution is 5.98. The summed E-state index contributed by atoms with van der Waals surface area (Å²) in [7, 11) is 0. The van der Waals surface area contributed by atoms with Crippen molar-refractivity contribution in [1.82, 2.24) is 4.98 Å². The van der Waals surface area contributed by atoms with Crippen molar-refractivity contribution in [3.05, 3.63) is 131 Å². The fraction of sp³-hybridized carbons (Fsp3) is 0.100. The molecule has 5 rings (SSSR count). The first-order chi connectivity index (χ1) is 17.4. The molecule has 0 aliphatic carbocycles. The monoisotopic (exact) mass is 486 g/mol. The molecule has 1 N–H and O–H groups in total. The fourth-order valence-corrected chi connectivity index (χ4v) is 4.41. The molecule has 0 radical (unpaired) electrons. The maximum Gasteiger partial charge on any atom is 0.418 e. The molecule has 0 spiro atoms. The lowest BCUT2D eigenvalue weighted by Gasteiger charge is -2.17. The van der Waals surface area contributed by atoms with Crippen molar-refractivity contribution in [3.8, 4) is 11.1 Å². The molecular weight excluding hydrogens is 464 g/mol. The Bertz CT molecular complexity index is 1510. The van der Waals surface area contributed by atoms with E-state index in [1.807, 2.05) is 54.6 Å². The standard InChI is InChI=1S/C30H22F4N2/c31-27-15-5-4-10-22(27)18-35-24-12-6-11-21(17-24)28-23(16-20-8-2-1-3-9-20)19-36-29-25(28)13-7-14-26(29)30(32,33)34/h1-15,17,19,35H,16,18H2. The zero-order valence-corrected chi connectivity index (χ0v) is 19.2. The average molecular weight is 487 g/mol. The molecular formula is C30H22F4N2. The molecule has 0 bridgehead atoms. The highest BCUT2D eigenvalue weighted by Crippen LogP contribution is 2.39. The molecule has 0 atom stereocenters. The Morgan fingerprint density at radius 2 is 1.50 bits per heavy atom. The number of nitrogens with zero attached hydrogens (tertiary/aromatic N) is 1. The van der Waals surface area contributed by atoms with Gasteiger partial charge in [0.05, 0.1) is 11.1 Å². The van der Waals surface area contributed by atoms with Crippen molar-refractivity contribution in [3.63, 3.8) is 0 Å². The van der Waals surface area contributed by atoms with Crippen molar-refractivity contribution in [2.45, 2.75) is 19.1 Å². The number of halogens is 4. The lowest BCUT2D eigenvalue weighted by Crippen LogP contribution is -2.07. The van der Waals surface area contributed by atoms with Crippen LogP contribution in [-0.2, 0) is 19.1 Å². The van der Waals surface area contributed by atoms with E-state index in [-0.39, 0.29) is 17.9 Å². The van der Waals surface area contributed by atoms with E-state index in [4.69, 9.17) is 0 Å². The highest BCUT2D eigenvalue weighted by Gasteiger charge is 2.33. The first kappa shape index (κ1) is 23.5. The predicted molar refractivity (Wildman–Crippen MR) is 135 cm³/mol. The Hall–Kier alpha value is -4.19. The molecule has 1 heterocycles. The SMILES string of the molecule is Fc1ccccc1CNc1cccc(-c2c(Cc3ccccc3)cnc3c(C(F)(F)F)cccc23)c1. The zero-order valence-electron chi connectivity index (χ0n) is 19.2. The minimum atomic E-state index is -4.52. The summed E-state index contributed by atoms with van der Waals surface area (Å²) in [5, 5.41) is 3.66. The lowest BCUT2D eigenvalue weighted by molar-refractivity contribution is -0.136. The molecule has 1 aromatic heterocycles. The van der Waals surface area contributed by atoms with Gasteiger partial charge in [0.25, 0.3) is 0 Å². The zero-order chi connectivity index (χ0) is 25.1. The van der Waals surface area contributed by atoms with Gasteiger partial charge in [-0.2, -0.15) is 13.2 Å². The third-order valence-corrected chi connectivity index (χ3v) is 6.11. The van der Waals surface area contributed by atoms with Gasteiger partial charge in [0.2, 0.25) is 0 Å². The van der Waals surface area contributed by atoms with E-state index in [0.717, 1.165) is 28.4 Å². The average Bonchev–Trinajstić information content (AvgIpc) is 2.88. The molecule has 0 saturated heterocycles. The molecule has 5 aromatic rings. The normalized spacial score (nSPS) is 11.6. The second kappa shape index (κ2) is 9.82. The van der Waals surface area contributed by atoms with Crippen LogP contribution in [0.5, 0.6) is 0 Å². The molecule has 4 aromatic carbocycles. The summed E-state index contributed by atoms with van der Waals surface area (Å²) in [6, 6.07) is 27.9. The first-order valence-electron chi connectivity index (χ1n) is 11.5. The number of hydrogen-bond acceptors (Lipinski definition) is 2. The number of fused-ring (bicyclic) bond motifs is 1. The number of nitrogens with one attached hydrogen (secondary N) is 1. The minimum Gasteiger partial charge on any atom is -0.381 e. The number of benzene rings is 4. The van der Waals surface area contributed by atoms with Gasteiger partial charge in [-0.3, -0.25) is 4.98 Å². The molecule has 6 heteroatoms. The summed E-state index contributed by atoms with van der Waals surface area (Å²) in [4.78, 5) is 4.26. The summed E-state index contributed by atoms with van der Waals surface area (Å²) in [6.07, 6.45) is -2.46. The van der Waals surface area contributed by atoms with Crippen LogP contribution in [0.1, 0.15) is 22.3 Å². The summed E-state index contributed by atoms with van der Waals surface area (Å²) >= 11 is 0. The third-order valence-electron chi connectivity index (χ3n) is 6.11. The topological polar surface area (TPSA) is 24.9 Å². The largest absolute Gasteiger partial charge is 0.418 e. The van der Waals surface area contributed by atoms with Crippen molar-refractivity contribution < 1.29 is 17.6 Å². The number of anilines is 1. The van der Waals surface area contributed by atoms with E-state index in [2.05, 4.69) is 10.3 Å². The Morgan fingerprint density at radius 1 is 0.750 bits per heavy atom. The Labute approximate surface area is 206 Å². The summed E-state index contributed by atoms with van der Waals surface area (Å²) in [6.45, 7) is 0.280. The second-order valence-electron chi connectivity index (χ2n) is 8.55. The molecule has 0 fully saturated rings. The molecule has 0 amide bonds. The van der Waals surface area contributed by atoms with E-state index < -0.39 is 11.7 Å². The molecule has 2 nitrogen and oxygen atoms in total. The van der Waals surface area contributed by atoms with Gasteiger partial charge in [-0.25, -0.2) is 4.39 Å². The Kier molecular flexibility index (Phi) is 6.42. The Morgan fingerprint density at radius 3 is 2.28 bits per heavy atom. The van der Waals surface area contributed by atoms with E-state index in [9.17, 15) is 17.6 Å². The van der Waals surface area contributed by atoms with E-state index >= 15 is 0 Å². The summed E-state index contributed by atoms with van der Waals surface area (Å²) < 4.78 is 55.4.